The van der Waals surface area contributed by atoms with Crippen LogP contribution in [0.2, 0.25) is 0 Å². The minimum Gasteiger partial charge on any atom is -0.494 e. The molecule has 1 saturated carbocycles. The van der Waals surface area contributed by atoms with Gasteiger partial charge in [-0.1, -0.05) is 49.8 Å². The van der Waals surface area contributed by atoms with Gasteiger partial charge in [0, 0.05) is 30.9 Å². The summed E-state index contributed by atoms with van der Waals surface area (Å²) in [6.45, 7) is 4.91. The Morgan fingerprint density at radius 3 is 2.61 bits per heavy atom. The monoisotopic (exact) mass is 420 g/mol. The highest BCUT2D eigenvalue weighted by Crippen LogP contribution is 2.30. The van der Waals surface area contributed by atoms with Gasteiger partial charge in [-0.2, -0.15) is 0 Å². The van der Waals surface area contributed by atoms with Crippen LogP contribution in [0.5, 0.6) is 5.75 Å². The van der Waals surface area contributed by atoms with Crippen molar-refractivity contribution in [1.29, 1.82) is 0 Å². The molecule has 1 amide bonds. The highest BCUT2D eigenvalue weighted by atomic mass is 16.5. The largest absolute Gasteiger partial charge is 0.494 e. The van der Waals surface area contributed by atoms with Gasteiger partial charge in [-0.3, -0.25) is 4.79 Å². The van der Waals surface area contributed by atoms with Crippen LogP contribution < -0.4 is 15.0 Å². The van der Waals surface area contributed by atoms with Gasteiger partial charge in [0.25, 0.3) is 0 Å². The summed E-state index contributed by atoms with van der Waals surface area (Å²) in [5.41, 5.74) is 4.77. The smallest absolute Gasteiger partial charge is 0.224 e. The third-order valence-corrected chi connectivity index (χ3v) is 6.74. The zero-order valence-corrected chi connectivity index (χ0v) is 18.9. The van der Waals surface area contributed by atoms with Gasteiger partial charge in [0.1, 0.15) is 5.75 Å². The summed E-state index contributed by atoms with van der Waals surface area (Å²) in [4.78, 5) is 14.2. The maximum Gasteiger partial charge on any atom is 0.224 e. The number of nitrogens with zero attached hydrogens (tertiary/aromatic N) is 1. The van der Waals surface area contributed by atoms with Crippen LogP contribution in [0.4, 0.5) is 11.4 Å². The molecular formula is C27H36N2O2. The SMILES string of the molecule is Cc1ccc(OCCCN(CCC2CCCCC2)c2ccc3c(c2)CCC(=O)N3)cc1. The number of carbonyl (C=O) groups is 1. The topological polar surface area (TPSA) is 41.6 Å². The van der Waals surface area contributed by atoms with Crippen molar-refractivity contribution >= 4 is 17.3 Å². The third-order valence-electron chi connectivity index (χ3n) is 6.74. The first-order chi connectivity index (χ1) is 15.2. The molecule has 2 aromatic carbocycles. The lowest BCUT2D eigenvalue weighted by atomic mass is 9.87. The van der Waals surface area contributed by atoms with Gasteiger partial charge in [-0.25, -0.2) is 0 Å². The number of carbonyl (C=O) groups excluding carboxylic acids is 1. The molecule has 1 aliphatic heterocycles. The second-order valence-electron chi connectivity index (χ2n) is 9.18. The van der Waals surface area contributed by atoms with E-state index in [2.05, 4.69) is 47.5 Å². The number of benzene rings is 2. The predicted molar refractivity (Wildman–Crippen MR) is 128 cm³/mol. The van der Waals surface area contributed by atoms with Crippen LogP contribution in [-0.2, 0) is 11.2 Å². The second-order valence-corrected chi connectivity index (χ2v) is 9.18. The van der Waals surface area contributed by atoms with E-state index in [-0.39, 0.29) is 5.91 Å². The molecule has 31 heavy (non-hydrogen) atoms. The standard InChI is InChI=1S/C27H36N2O2/c1-21-8-12-25(13-9-21)31-19-5-17-29(18-16-22-6-3-2-4-7-22)24-11-14-26-23(20-24)10-15-27(30)28-26/h8-9,11-14,20,22H,2-7,10,15-19H2,1H3,(H,28,30). The summed E-state index contributed by atoms with van der Waals surface area (Å²) in [6.07, 6.45) is 10.7. The zero-order valence-electron chi connectivity index (χ0n) is 18.9. The van der Waals surface area contributed by atoms with Crippen LogP contribution in [0.15, 0.2) is 42.5 Å². The van der Waals surface area contributed by atoms with Crippen molar-refractivity contribution < 1.29 is 9.53 Å². The van der Waals surface area contributed by atoms with Crippen molar-refractivity contribution in [3.63, 3.8) is 0 Å². The van der Waals surface area contributed by atoms with Gasteiger partial charge in [0.05, 0.1) is 6.61 Å². The van der Waals surface area contributed by atoms with Crippen LogP contribution in [-0.4, -0.2) is 25.6 Å². The fourth-order valence-electron chi connectivity index (χ4n) is 4.83. The Bertz CT molecular complexity index is 856. The van der Waals surface area contributed by atoms with E-state index < -0.39 is 0 Å². The first kappa shape index (κ1) is 21.7. The normalized spacial score (nSPS) is 16.5. The molecule has 166 valence electrons. The van der Waals surface area contributed by atoms with Gasteiger partial charge >= 0.3 is 0 Å². The van der Waals surface area contributed by atoms with E-state index in [0.717, 1.165) is 49.9 Å². The summed E-state index contributed by atoms with van der Waals surface area (Å²) >= 11 is 0. The fourth-order valence-corrected chi connectivity index (χ4v) is 4.83. The molecule has 4 nitrogen and oxygen atoms in total. The lowest BCUT2D eigenvalue weighted by Gasteiger charge is -2.30. The third kappa shape index (κ3) is 6.25. The Kier molecular flexibility index (Phi) is 7.50. The van der Waals surface area contributed by atoms with Crippen molar-refractivity contribution in [3.8, 4) is 5.75 Å². The summed E-state index contributed by atoms with van der Waals surface area (Å²) in [5, 5.41) is 3.01. The highest BCUT2D eigenvalue weighted by Gasteiger charge is 2.18. The highest BCUT2D eigenvalue weighted by molar-refractivity contribution is 5.94. The van der Waals surface area contributed by atoms with Crippen molar-refractivity contribution in [2.75, 3.05) is 29.9 Å². The molecule has 1 fully saturated rings. The maximum absolute atomic E-state index is 11.7. The first-order valence-corrected chi connectivity index (χ1v) is 12.0. The minimum absolute atomic E-state index is 0.127. The van der Waals surface area contributed by atoms with Gasteiger partial charge in [-0.15, -0.1) is 0 Å². The van der Waals surface area contributed by atoms with Crippen molar-refractivity contribution in [2.45, 2.75) is 64.7 Å². The summed E-state index contributed by atoms with van der Waals surface area (Å²) in [7, 11) is 0. The average molecular weight is 421 g/mol. The van der Waals surface area contributed by atoms with E-state index in [4.69, 9.17) is 4.74 Å². The Morgan fingerprint density at radius 2 is 1.81 bits per heavy atom. The van der Waals surface area contributed by atoms with Crippen LogP contribution in [0, 0.1) is 12.8 Å². The Labute approximate surface area is 187 Å². The number of aryl methyl sites for hydroxylation is 2. The second kappa shape index (κ2) is 10.7. The predicted octanol–water partition coefficient (Wildman–Crippen LogP) is 6.13. The molecule has 0 aromatic heterocycles. The molecule has 0 atom stereocenters. The number of ether oxygens (including phenoxy) is 1. The Morgan fingerprint density at radius 1 is 1.00 bits per heavy atom. The molecule has 4 rings (SSSR count). The summed E-state index contributed by atoms with van der Waals surface area (Å²) in [5.74, 6) is 1.95. The van der Waals surface area contributed by atoms with E-state index in [1.54, 1.807) is 0 Å². The number of nitrogens with one attached hydrogen (secondary N) is 1. The molecular weight excluding hydrogens is 384 g/mol. The fraction of sp³-hybridized carbons (Fsp3) is 0.519. The average Bonchev–Trinajstić information content (AvgIpc) is 2.80. The van der Waals surface area contributed by atoms with Crippen LogP contribution in [0.25, 0.3) is 0 Å². The quantitative estimate of drug-likeness (QED) is 0.497. The van der Waals surface area contributed by atoms with E-state index in [1.165, 1.54) is 55.3 Å². The van der Waals surface area contributed by atoms with E-state index in [1.807, 2.05) is 12.1 Å². The van der Waals surface area contributed by atoms with Crippen LogP contribution >= 0.6 is 0 Å². The molecule has 1 aliphatic carbocycles. The molecule has 1 N–H and O–H groups in total. The lowest BCUT2D eigenvalue weighted by Crippen LogP contribution is -2.29. The molecule has 0 spiro atoms. The van der Waals surface area contributed by atoms with E-state index >= 15 is 0 Å². The van der Waals surface area contributed by atoms with Gasteiger partial charge < -0.3 is 15.0 Å². The first-order valence-electron chi connectivity index (χ1n) is 12.0. The van der Waals surface area contributed by atoms with Crippen LogP contribution in [0.1, 0.15) is 62.5 Å². The molecule has 2 aromatic rings. The van der Waals surface area contributed by atoms with E-state index in [9.17, 15) is 4.79 Å². The summed E-state index contributed by atoms with van der Waals surface area (Å²) in [6, 6.07) is 14.8. The molecule has 0 bridgehead atoms. The van der Waals surface area contributed by atoms with Gasteiger partial charge in [0.2, 0.25) is 5.91 Å². The Hall–Kier alpha value is -2.49. The minimum atomic E-state index is 0.127. The maximum atomic E-state index is 11.7. The van der Waals surface area contributed by atoms with Crippen molar-refractivity contribution in [2.24, 2.45) is 5.92 Å². The van der Waals surface area contributed by atoms with Crippen LogP contribution in [0.3, 0.4) is 0 Å². The molecule has 0 radical (unpaired) electrons. The van der Waals surface area contributed by atoms with Crippen molar-refractivity contribution in [1.82, 2.24) is 0 Å². The molecule has 2 aliphatic rings. The lowest BCUT2D eigenvalue weighted by molar-refractivity contribution is -0.116. The number of hydrogen-bond acceptors (Lipinski definition) is 3. The Balaban J connectivity index is 1.37. The van der Waals surface area contributed by atoms with Gasteiger partial charge in [0.15, 0.2) is 0 Å². The molecule has 0 unspecified atom stereocenters. The molecule has 4 heteroatoms. The van der Waals surface area contributed by atoms with Crippen molar-refractivity contribution in [3.05, 3.63) is 53.6 Å². The number of fused-ring (bicyclic) bond motifs is 1. The number of amides is 1. The molecule has 1 heterocycles. The number of rotatable bonds is 9. The zero-order chi connectivity index (χ0) is 21.5. The number of hydrogen-bond donors (Lipinski definition) is 1. The van der Waals surface area contributed by atoms with Gasteiger partial charge in [-0.05, 0) is 68.0 Å². The summed E-state index contributed by atoms with van der Waals surface area (Å²) < 4.78 is 5.97. The number of anilines is 2. The van der Waals surface area contributed by atoms with E-state index in [0.29, 0.717) is 6.42 Å². The molecule has 0 saturated heterocycles.